The molecule has 0 aliphatic carbocycles. The number of imide groups is 1. The molecule has 2 amide bonds. The highest BCUT2D eigenvalue weighted by atomic mass is 32.2. The van der Waals surface area contributed by atoms with Crippen LogP contribution in [0.1, 0.15) is 32.5 Å². The number of rotatable bonds is 6. The van der Waals surface area contributed by atoms with Gasteiger partial charge >= 0.3 is 0 Å². The minimum absolute atomic E-state index is 0.0563. The van der Waals surface area contributed by atoms with Gasteiger partial charge in [-0.3, -0.25) is 14.5 Å². The third-order valence-corrected chi connectivity index (χ3v) is 4.84. The van der Waals surface area contributed by atoms with Gasteiger partial charge in [0.05, 0.1) is 0 Å². The van der Waals surface area contributed by atoms with Crippen molar-refractivity contribution >= 4 is 23.6 Å². The summed E-state index contributed by atoms with van der Waals surface area (Å²) in [6, 6.07) is -0.0563. The lowest BCUT2D eigenvalue weighted by molar-refractivity contribution is -0.140. The molecule has 2 rings (SSSR count). The highest BCUT2D eigenvalue weighted by molar-refractivity contribution is 8.00. The predicted molar refractivity (Wildman–Crippen MR) is 79.7 cm³/mol. The monoisotopic (exact) mass is 311 g/mol. The summed E-state index contributed by atoms with van der Waals surface area (Å²) in [6.07, 6.45) is 0.986. The summed E-state index contributed by atoms with van der Waals surface area (Å²) in [5, 5.41) is 8.34. The van der Waals surface area contributed by atoms with E-state index in [1.165, 1.54) is 16.7 Å². The van der Waals surface area contributed by atoms with Gasteiger partial charge in [0.25, 0.3) is 0 Å². The van der Waals surface area contributed by atoms with Crippen LogP contribution in [0, 0.1) is 6.92 Å². The van der Waals surface area contributed by atoms with Gasteiger partial charge in [-0.2, -0.15) is 0 Å². The van der Waals surface area contributed by atoms with Crippen molar-refractivity contribution < 1.29 is 9.59 Å². The summed E-state index contributed by atoms with van der Waals surface area (Å²) < 4.78 is 1.88. The number of aryl methyl sites for hydroxylation is 1. The molecule has 0 aromatic carbocycles. The van der Waals surface area contributed by atoms with Crippen LogP contribution in [0.2, 0.25) is 0 Å². The normalized spacial score (nSPS) is 20.4. The van der Waals surface area contributed by atoms with E-state index in [9.17, 15) is 9.59 Å². The Morgan fingerprint density at radius 3 is 2.76 bits per heavy atom. The molecule has 0 radical (unpaired) electrons. The summed E-state index contributed by atoms with van der Waals surface area (Å²) in [5.41, 5.74) is 5.58. The molecule has 1 fully saturated rings. The fourth-order valence-corrected chi connectivity index (χ4v) is 3.46. The fraction of sp³-hybridized carbons (Fsp3) is 0.692. The molecule has 1 saturated heterocycles. The Morgan fingerprint density at radius 1 is 1.43 bits per heavy atom. The maximum atomic E-state index is 12.4. The van der Waals surface area contributed by atoms with E-state index in [0.29, 0.717) is 18.2 Å². The Bertz CT molecular complexity index is 545. The van der Waals surface area contributed by atoms with Crippen LogP contribution < -0.4 is 5.73 Å². The van der Waals surface area contributed by atoms with E-state index in [2.05, 4.69) is 10.2 Å². The lowest BCUT2D eigenvalue weighted by Gasteiger charge is -2.21. The highest BCUT2D eigenvalue weighted by Gasteiger charge is 2.41. The lowest BCUT2D eigenvalue weighted by Crippen LogP contribution is -2.38. The van der Waals surface area contributed by atoms with Gasteiger partial charge in [0.1, 0.15) is 11.1 Å². The predicted octanol–water partition coefficient (Wildman–Crippen LogP) is 0.563. The maximum Gasteiger partial charge on any atom is 0.243 e. The number of thioether (sulfide) groups is 1. The fourth-order valence-electron chi connectivity index (χ4n) is 2.32. The van der Waals surface area contributed by atoms with Gasteiger partial charge in [0.2, 0.25) is 11.8 Å². The first-order chi connectivity index (χ1) is 9.99. The van der Waals surface area contributed by atoms with E-state index in [1.54, 1.807) is 0 Å². The van der Waals surface area contributed by atoms with Crippen LogP contribution in [-0.2, 0) is 16.1 Å². The number of hydrogen-bond donors (Lipinski definition) is 1. The molecule has 2 unspecified atom stereocenters. The average molecular weight is 311 g/mol. The molecule has 2 atom stereocenters. The molecule has 116 valence electrons. The van der Waals surface area contributed by atoms with Crippen molar-refractivity contribution in [2.24, 2.45) is 5.73 Å². The van der Waals surface area contributed by atoms with E-state index in [-0.39, 0.29) is 24.3 Å². The van der Waals surface area contributed by atoms with E-state index >= 15 is 0 Å². The summed E-state index contributed by atoms with van der Waals surface area (Å²) in [4.78, 5) is 25.8. The molecule has 21 heavy (non-hydrogen) atoms. The minimum atomic E-state index is -0.411. The second kappa shape index (κ2) is 6.57. The quantitative estimate of drug-likeness (QED) is 0.772. The van der Waals surface area contributed by atoms with Crippen LogP contribution in [0.4, 0.5) is 0 Å². The first kappa shape index (κ1) is 16.0. The Morgan fingerprint density at radius 2 is 2.14 bits per heavy atom. The number of carbonyl (C=O) groups is 2. The van der Waals surface area contributed by atoms with Crippen LogP contribution in [-0.4, -0.2) is 49.3 Å². The Kier molecular flexibility index (Phi) is 5.00. The molecule has 0 spiro atoms. The zero-order chi connectivity index (χ0) is 15.6. The second-order valence-electron chi connectivity index (χ2n) is 5.14. The van der Waals surface area contributed by atoms with Crippen molar-refractivity contribution in [2.75, 3.05) is 6.54 Å². The number of aromatic nitrogens is 3. The van der Waals surface area contributed by atoms with Gasteiger partial charge in [-0.25, -0.2) is 0 Å². The van der Waals surface area contributed by atoms with Crippen molar-refractivity contribution in [3.05, 3.63) is 5.82 Å². The third kappa shape index (κ3) is 3.11. The molecule has 2 heterocycles. The van der Waals surface area contributed by atoms with Crippen molar-refractivity contribution in [1.29, 1.82) is 0 Å². The molecule has 8 heteroatoms. The van der Waals surface area contributed by atoms with Crippen molar-refractivity contribution in [2.45, 2.75) is 56.6 Å². The molecule has 1 aromatic heterocycles. The Balaban J connectivity index is 2.14. The van der Waals surface area contributed by atoms with E-state index in [0.717, 1.165) is 12.2 Å². The van der Waals surface area contributed by atoms with Crippen molar-refractivity contribution in [3.8, 4) is 0 Å². The third-order valence-electron chi connectivity index (χ3n) is 3.68. The van der Waals surface area contributed by atoms with Crippen LogP contribution in [0.25, 0.3) is 0 Å². The standard InChI is InChI=1S/C13H21N5O2S/c1-4-8(2)18-11(19)7-10(12(18)20)21-13-16-15-9(3)17(13)6-5-14/h8,10H,4-7,14H2,1-3H3. The summed E-state index contributed by atoms with van der Waals surface area (Å²) in [7, 11) is 0. The van der Waals surface area contributed by atoms with Crippen molar-refractivity contribution in [1.82, 2.24) is 19.7 Å². The van der Waals surface area contributed by atoms with Gasteiger partial charge in [-0.1, -0.05) is 18.7 Å². The Labute approximate surface area is 128 Å². The topological polar surface area (TPSA) is 94.1 Å². The number of nitrogens with zero attached hydrogens (tertiary/aromatic N) is 4. The zero-order valence-corrected chi connectivity index (χ0v) is 13.4. The highest BCUT2D eigenvalue weighted by Crippen LogP contribution is 2.32. The molecule has 2 N–H and O–H groups in total. The number of amides is 2. The zero-order valence-electron chi connectivity index (χ0n) is 12.6. The molecule has 7 nitrogen and oxygen atoms in total. The van der Waals surface area contributed by atoms with E-state index in [1.807, 2.05) is 25.3 Å². The number of hydrogen-bond acceptors (Lipinski definition) is 6. The minimum Gasteiger partial charge on any atom is -0.329 e. The summed E-state index contributed by atoms with van der Waals surface area (Å²) in [6.45, 7) is 6.78. The number of carbonyl (C=O) groups excluding carboxylic acids is 2. The average Bonchev–Trinajstić information content (AvgIpc) is 2.93. The first-order valence-electron chi connectivity index (χ1n) is 7.12. The SMILES string of the molecule is CCC(C)N1C(=O)CC(Sc2nnc(C)n2CCN)C1=O. The molecular formula is C13H21N5O2S. The van der Waals surface area contributed by atoms with Gasteiger partial charge in [0.15, 0.2) is 5.16 Å². The van der Waals surface area contributed by atoms with Crippen LogP contribution in [0.3, 0.4) is 0 Å². The maximum absolute atomic E-state index is 12.4. The lowest BCUT2D eigenvalue weighted by atomic mass is 10.2. The second-order valence-corrected chi connectivity index (χ2v) is 6.31. The van der Waals surface area contributed by atoms with Gasteiger partial charge in [-0.15, -0.1) is 10.2 Å². The van der Waals surface area contributed by atoms with Gasteiger partial charge in [0, 0.05) is 25.6 Å². The smallest absolute Gasteiger partial charge is 0.243 e. The molecule has 0 bridgehead atoms. The Hall–Kier alpha value is -1.41. The molecule has 1 aliphatic heterocycles. The van der Waals surface area contributed by atoms with Gasteiger partial charge in [-0.05, 0) is 20.3 Å². The van der Waals surface area contributed by atoms with E-state index in [4.69, 9.17) is 5.73 Å². The first-order valence-corrected chi connectivity index (χ1v) is 8.00. The summed E-state index contributed by atoms with van der Waals surface area (Å²) in [5.74, 6) is 0.534. The van der Waals surface area contributed by atoms with E-state index < -0.39 is 5.25 Å². The molecular weight excluding hydrogens is 290 g/mol. The van der Waals surface area contributed by atoms with Crippen LogP contribution in [0.5, 0.6) is 0 Å². The van der Waals surface area contributed by atoms with Gasteiger partial charge < -0.3 is 10.3 Å². The van der Waals surface area contributed by atoms with Crippen molar-refractivity contribution in [3.63, 3.8) is 0 Å². The molecule has 0 saturated carbocycles. The number of likely N-dealkylation sites (tertiary alicyclic amines) is 1. The number of nitrogens with two attached hydrogens (primary N) is 1. The van der Waals surface area contributed by atoms with Crippen LogP contribution >= 0.6 is 11.8 Å². The molecule has 1 aliphatic rings. The van der Waals surface area contributed by atoms with Crippen LogP contribution in [0.15, 0.2) is 5.16 Å². The molecule has 1 aromatic rings. The summed E-state index contributed by atoms with van der Waals surface area (Å²) >= 11 is 1.30. The largest absolute Gasteiger partial charge is 0.329 e.